The van der Waals surface area contributed by atoms with Crippen molar-refractivity contribution in [3.05, 3.63) is 118 Å². The maximum Gasteiger partial charge on any atom is 0.330 e. The summed E-state index contributed by atoms with van der Waals surface area (Å²) >= 11 is 2.97. The van der Waals surface area contributed by atoms with Crippen LogP contribution < -0.4 is 10.6 Å². The molecule has 0 radical (unpaired) electrons. The van der Waals surface area contributed by atoms with Crippen molar-refractivity contribution in [2.75, 3.05) is 30.3 Å². The number of esters is 1. The van der Waals surface area contributed by atoms with Crippen LogP contribution in [0.1, 0.15) is 77.1 Å². The minimum Gasteiger partial charge on any atom is -0.462 e. The van der Waals surface area contributed by atoms with Crippen LogP contribution in [0.4, 0.5) is 11.4 Å². The molecule has 6 nitrogen and oxygen atoms in total. The van der Waals surface area contributed by atoms with Gasteiger partial charge in [0.1, 0.15) is 0 Å². The molecule has 5 rings (SSSR count). The van der Waals surface area contributed by atoms with E-state index in [1.807, 2.05) is 100 Å². The lowest BCUT2D eigenvalue weighted by Crippen LogP contribution is -2.31. The Hall–Kier alpha value is -4.27. The summed E-state index contributed by atoms with van der Waals surface area (Å²) in [5, 5.41) is 6.88. The van der Waals surface area contributed by atoms with Crippen LogP contribution in [-0.4, -0.2) is 37.2 Å². The zero-order valence-corrected chi connectivity index (χ0v) is 30.0. The Morgan fingerprint density at radius 3 is 1.67 bits per heavy atom. The molecule has 4 aromatic carbocycles. The van der Waals surface area contributed by atoms with Gasteiger partial charge in [-0.1, -0.05) is 85.8 Å². The van der Waals surface area contributed by atoms with Crippen molar-refractivity contribution in [2.45, 2.75) is 67.5 Å². The second kappa shape index (κ2) is 15.3. The third kappa shape index (κ3) is 8.05. The molecule has 1 aliphatic carbocycles. The number of aryl methyl sites for hydroxylation is 2. The number of carbonyl (C=O) groups is 3. The molecule has 4 aromatic rings. The Balaban J connectivity index is 1.62. The van der Waals surface area contributed by atoms with Gasteiger partial charge in [-0.05, 0) is 75.7 Å². The normalized spacial score (nSPS) is 12.5. The molecule has 0 saturated heterocycles. The summed E-state index contributed by atoms with van der Waals surface area (Å²) in [6.45, 7) is 13.2. The van der Waals surface area contributed by atoms with Crippen LogP contribution in [0.3, 0.4) is 0 Å². The highest BCUT2D eigenvalue weighted by Gasteiger charge is 2.38. The Labute approximate surface area is 292 Å². The lowest BCUT2D eigenvalue weighted by Gasteiger charge is -2.29. The molecular weight excluding hydrogens is 637 g/mol. The van der Waals surface area contributed by atoms with Gasteiger partial charge in [-0.25, -0.2) is 4.79 Å². The number of rotatable bonds is 13. The summed E-state index contributed by atoms with van der Waals surface area (Å²) in [5.74, 6) is -0.771. The number of allylic oxidation sites excluding steroid dienone is 1. The van der Waals surface area contributed by atoms with Gasteiger partial charge in [0.15, 0.2) is 11.6 Å². The lowest BCUT2D eigenvalue weighted by molar-refractivity contribution is -0.140. The summed E-state index contributed by atoms with van der Waals surface area (Å²) in [6, 6.07) is 24.0. The molecule has 0 amide bonds. The molecule has 0 aliphatic heterocycles. The van der Waals surface area contributed by atoms with Gasteiger partial charge in [0.2, 0.25) is 0 Å². The van der Waals surface area contributed by atoms with Gasteiger partial charge in [0.25, 0.3) is 0 Å². The van der Waals surface area contributed by atoms with Gasteiger partial charge in [-0.2, -0.15) is 0 Å². The topological polar surface area (TPSA) is 84.5 Å². The molecule has 48 heavy (non-hydrogen) atoms. The van der Waals surface area contributed by atoms with Gasteiger partial charge in [-0.15, -0.1) is 0 Å². The van der Waals surface area contributed by atoms with Crippen LogP contribution in [0.25, 0.3) is 0 Å². The van der Waals surface area contributed by atoms with Crippen LogP contribution in [0.15, 0.2) is 105 Å². The first-order chi connectivity index (χ1) is 23.0. The quantitative estimate of drug-likeness (QED) is 0.0941. The van der Waals surface area contributed by atoms with Crippen molar-refractivity contribution in [3.63, 3.8) is 0 Å². The third-order valence-electron chi connectivity index (χ3n) is 7.97. The van der Waals surface area contributed by atoms with Crippen LogP contribution in [-0.2, 0) is 9.53 Å². The summed E-state index contributed by atoms with van der Waals surface area (Å²) in [5.41, 5.74) is 4.67. The van der Waals surface area contributed by atoms with E-state index in [1.54, 1.807) is 13.0 Å². The SMILES string of the molecule is CC=CC(=O)OCC(C)(C)CNc1ccc(Sc2ccc(C)cc2)c2c1C(=O)c1c(Sc3ccc(C)cc3)ccc(NCCC)c1C2=O. The van der Waals surface area contributed by atoms with Gasteiger partial charge in [0, 0.05) is 66.7 Å². The maximum absolute atomic E-state index is 14.9. The number of benzene rings is 4. The van der Waals surface area contributed by atoms with E-state index in [4.69, 9.17) is 4.74 Å². The molecular formula is C40H42N2O4S2. The van der Waals surface area contributed by atoms with E-state index in [1.165, 1.54) is 29.6 Å². The molecule has 0 fully saturated rings. The second-order valence-electron chi connectivity index (χ2n) is 12.8. The van der Waals surface area contributed by atoms with Gasteiger partial charge in [0.05, 0.1) is 17.7 Å². The molecule has 1 aliphatic rings. The van der Waals surface area contributed by atoms with Crippen molar-refractivity contribution < 1.29 is 19.1 Å². The molecule has 0 atom stereocenters. The van der Waals surface area contributed by atoms with Crippen LogP contribution in [0.5, 0.6) is 0 Å². The number of nitrogens with one attached hydrogen (secondary N) is 2. The fraction of sp³-hybridized carbons (Fsp3) is 0.275. The smallest absolute Gasteiger partial charge is 0.330 e. The third-order valence-corrected chi connectivity index (χ3v) is 10.1. The number of fused-ring (bicyclic) bond motifs is 2. The highest BCUT2D eigenvalue weighted by Crippen LogP contribution is 2.45. The summed E-state index contributed by atoms with van der Waals surface area (Å²) < 4.78 is 5.45. The summed E-state index contributed by atoms with van der Waals surface area (Å²) in [6.07, 6.45) is 3.91. The number of carbonyl (C=O) groups excluding carboxylic acids is 3. The van der Waals surface area contributed by atoms with Crippen LogP contribution in [0.2, 0.25) is 0 Å². The fourth-order valence-electron chi connectivity index (χ4n) is 5.37. The molecule has 0 saturated carbocycles. The largest absolute Gasteiger partial charge is 0.462 e. The summed E-state index contributed by atoms with van der Waals surface area (Å²) in [7, 11) is 0. The Bertz CT molecular complexity index is 1860. The van der Waals surface area contributed by atoms with E-state index < -0.39 is 11.4 Å². The minimum absolute atomic E-state index is 0.178. The first-order valence-corrected chi connectivity index (χ1v) is 17.8. The molecule has 0 aromatic heterocycles. The standard InChI is InChI=1S/C40H42N2O4S2/c1-7-9-33(43)46-24-40(5,6)23-42-30-19-21-32(48-28-16-12-26(4)13-17-28)37-35(30)39(45)36-31(47-27-14-10-25(3)11-15-27)20-18-29(41-22-8-2)34(36)38(37)44/h7,9-21,41-42H,8,22-24H2,1-6H3. The Kier molecular flexibility index (Phi) is 11.2. The van der Waals surface area contributed by atoms with E-state index in [0.717, 1.165) is 37.1 Å². The van der Waals surface area contributed by atoms with Crippen molar-refractivity contribution in [3.8, 4) is 0 Å². The van der Waals surface area contributed by atoms with E-state index in [9.17, 15) is 14.4 Å². The number of anilines is 2. The molecule has 0 spiro atoms. The zero-order valence-electron chi connectivity index (χ0n) is 28.4. The Morgan fingerprint density at radius 1 is 0.729 bits per heavy atom. The molecule has 248 valence electrons. The average Bonchev–Trinajstić information content (AvgIpc) is 3.07. The fourth-order valence-corrected chi connectivity index (χ4v) is 7.28. The van der Waals surface area contributed by atoms with Crippen LogP contribution in [0, 0.1) is 19.3 Å². The van der Waals surface area contributed by atoms with Crippen LogP contribution >= 0.6 is 23.5 Å². The van der Waals surface area contributed by atoms with E-state index in [2.05, 4.69) is 17.6 Å². The molecule has 0 heterocycles. The molecule has 8 heteroatoms. The zero-order chi connectivity index (χ0) is 34.4. The highest BCUT2D eigenvalue weighted by atomic mass is 32.2. The second-order valence-corrected chi connectivity index (χ2v) is 15.0. The van der Waals surface area contributed by atoms with Gasteiger partial charge in [-0.3, -0.25) is 9.59 Å². The average molecular weight is 679 g/mol. The molecule has 0 unspecified atom stereocenters. The van der Waals surface area contributed by atoms with Crippen molar-refractivity contribution in [1.82, 2.24) is 0 Å². The first kappa shape index (κ1) is 35.0. The molecule has 2 N–H and O–H groups in total. The van der Waals surface area contributed by atoms with Crippen molar-refractivity contribution >= 4 is 52.4 Å². The van der Waals surface area contributed by atoms with Gasteiger partial charge >= 0.3 is 5.97 Å². The number of hydrogen-bond donors (Lipinski definition) is 2. The first-order valence-electron chi connectivity index (χ1n) is 16.2. The lowest BCUT2D eigenvalue weighted by atomic mass is 9.82. The maximum atomic E-state index is 14.9. The predicted octanol–water partition coefficient (Wildman–Crippen LogP) is 9.76. The number of hydrogen-bond acceptors (Lipinski definition) is 8. The predicted molar refractivity (Wildman–Crippen MR) is 197 cm³/mol. The monoisotopic (exact) mass is 678 g/mol. The number of ether oxygens (including phenoxy) is 1. The summed E-state index contributed by atoms with van der Waals surface area (Å²) in [4.78, 5) is 45.2. The van der Waals surface area contributed by atoms with Crippen molar-refractivity contribution in [1.29, 1.82) is 0 Å². The van der Waals surface area contributed by atoms with E-state index in [-0.39, 0.29) is 18.2 Å². The Morgan fingerprint density at radius 2 is 1.21 bits per heavy atom. The van der Waals surface area contributed by atoms with E-state index in [0.29, 0.717) is 46.7 Å². The van der Waals surface area contributed by atoms with Crippen molar-refractivity contribution in [2.24, 2.45) is 5.41 Å². The van der Waals surface area contributed by atoms with Gasteiger partial charge < -0.3 is 15.4 Å². The minimum atomic E-state index is -0.456. The number of ketones is 2. The molecule has 0 bridgehead atoms. The van der Waals surface area contributed by atoms with E-state index >= 15 is 0 Å². The highest BCUT2D eigenvalue weighted by molar-refractivity contribution is 7.99.